The van der Waals surface area contributed by atoms with Gasteiger partial charge in [-0.05, 0) is 51.4 Å². The minimum Gasteiger partial charge on any atom is -0.466 e. The van der Waals surface area contributed by atoms with Crippen LogP contribution in [-0.2, 0) is 14.3 Å². The highest BCUT2D eigenvalue weighted by Crippen LogP contribution is 2.21. The molecule has 0 heterocycles. The third kappa shape index (κ3) is 73.6. The molecule has 0 aliphatic heterocycles. The number of hydrogen-bond donors (Lipinski definition) is 3. The molecular weight excluding hydrogens is 1080 g/mol. The summed E-state index contributed by atoms with van der Waals surface area (Å²) in [6, 6.07) is -0.538. The summed E-state index contributed by atoms with van der Waals surface area (Å²) in [5.74, 6) is -0.00757. The number of esters is 1. The molecule has 6 heteroatoms. The van der Waals surface area contributed by atoms with Crippen molar-refractivity contribution in [1.29, 1.82) is 0 Å². The van der Waals surface area contributed by atoms with Crippen LogP contribution >= 0.6 is 0 Å². The topological polar surface area (TPSA) is 95.9 Å². The van der Waals surface area contributed by atoms with Gasteiger partial charge < -0.3 is 20.3 Å². The quantitative estimate of drug-likeness (QED) is 0.0320. The molecule has 0 saturated heterocycles. The van der Waals surface area contributed by atoms with Gasteiger partial charge in [-0.3, -0.25) is 9.59 Å². The molecule has 0 aromatic rings. The number of unbranched alkanes of at least 4 members (excludes halogenated alkanes) is 65. The summed E-state index contributed by atoms with van der Waals surface area (Å²) in [4.78, 5) is 24.7. The van der Waals surface area contributed by atoms with E-state index < -0.39 is 12.1 Å². The molecular formula is C82H161NO5. The van der Waals surface area contributed by atoms with Gasteiger partial charge in [0.25, 0.3) is 0 Å². The van der Waals surface area contributed by atoms with Gasteiger partial charge in [0, 0.05) is 12.8 Å². The standard InChI is InChI=1S/C82H161NO5/c1-3-5-7-9-11-13-15-17-19-21-22-40-43-46-50-54-58-62-66-70-74-80(85)79(78-84)83-81(86)75-71-67-63-59-55-51-47-44-41-38-36-34-32-30-28-26-24-23-25-27-29-31-33-35-37-39-42-45-49-53-57-61-65-69-73-77-88-82(87)76-72-68-64-60-56-52-48-20-18-16-14-12-10-8-6-4-2/h20,48,79-80,84-85H,3-19,21-47,49-78H2,1-2H3,(H,83,86)/b48-20-. The van der Waals surface area contributed by atoms with Crippen molar-refractivity contribution in [2.24, 2.45) is 0 Å². The Morgan fingerprint density at radius 2 is 0.534 bits per heavy atom. The molecule has 0 saturated carbocycles. The summed E-state index contributed by atoms with van der Waals surface area (Å²) in [5.41, 5.74) is 0. The van der Waals surface area contributed by atoms with Crippen molar-refractivity contribution in [3.05, 3.63) is 12.2 Å². The van der Waals surface area contributed by atoms with Crippen LogP contribution in [0.4, 0.5) is 0 Å². The van der Waals surface area contributed by atoms with Gasteiger partial charge in [0.15, 0.2) is 0 Å². The number of hydrogen-bond acceptors (Lipinski definition) is 5. The van der Waals surface area contributed by atoms with Gasteiger partial charge in [-0.25, -0.2) is 0 Å². The molecule has 0 radical (unpaired) electrons. The van der Waals surface area contributed by atoms with Crippen molar-refractivity contribution in [3.8, 4) is 0 Å². The number of carbonyl (C=O) groups is 2. The highest BCUT2D eigenvalue weighted by atomic mass is 16.5. The van der Waals surface area contributed by atoms with Crippen LogP contribution < -0.4 is 5.32 Å². The Morgan fingerprint density at radius 1 is 0.307 bits per heavy atom. The van der Waals surface area contributed by atoms with Crippen LogP contribution in [0.5, 0.6) is 0 Å². The summed E-state index contributed by atoms with van der Waals surface area (Å²) in [6.45, 7) is 5.01. The maximum atomic E-state index is 12.6. The van der Waals surface area contributed by atoms with Crippen molar-refractivity contribution in [2.45, 2.75) is 488 Å². The number of carbonyl (C=O) groups excluding carboxylic acids is 2. The fraction of sp³-hybridized carbons (Fsp3) is 0.951. The molecule has 0 rings (SSSR count). The molecule has 0 bridgehead atoms. The minimum absolute atomic E-state index is 0.0165. The van der Waals surface area contributed by atoms with E-state index in [2.05, 4.69) is 31.3 Å². The number of aliphatic hydroxyl groups excluding tert-OH is 2. The van der Waals surface area contributed by atoms with Crippen molar-refractivity contribution in [2.75, 3.05) is 13.2 Å². The summed E-state index contributed by atoms with van der Waals surface area (Å²) >= 11 is 0. The Bertz CT molecular complexity index is 1340. The largest absolute Gasteiger partial charge is 0.466 e. The maximum Gasteiger partial charge on any atom is 0.305 e. The van der Waals surface area contributed by atoms with E-state index >= 15 is 0 Å². The zero-order chi connectivity index (χ0) is 63.5. The van der Waals surface area contributed by atoms with Crippen molar-refractivity contribution < 1.29 is 24.5 Å². The molecule has 0 aromatic carbocycles. The van der Waals surface area contributed by atoms with Crippen molar-refractivity contribution in [1.82, 2.24) is 5.32 Å². The zero-order valence-corrected chi connectivity index (χ0v) is 60.3. The third-order valence-corrected chi connectivity index (χ3v) is 19.6. The normalized spacial score (nSPS) is 12.5. The number of rotatable bonds is 78. The lowest BCUT2D eigenvalue weighted by Crippen LogP contribution is -2.45. The first kappa shape index (κ1) is 86.6. The highest BCUT2D eigenvalue weighted by Gasteiger charge is 2.20. The maximum absolute atomic E-state index is 12.6. The lowest BCUT2D eigenvalue weighted by molar-refractivity contribution is -0.143. The molecule has 0 aromatic heterocycles. The smallest absolute Gasteiger partial charge is 0.305 e. The van der Waals surface area contributed by atoms with E-state index in [-0.39, 0.29) is 18.5 Å². The second kappa shape index (κ2) is 78.0. The lowest BCUT2D eigenvalue weighted by Gasteiger charge is -2.22. The predicted molar refractivity (Wildman–Crippen MR) is 389 cm³/mol. The van der Waals surface area contributed by atoms with Crippen LogP contribution in [0.3, 0.4) is 0 Å². The SMILES string of the molecule is CCCCCCCCC/C=C\CCCCCCCC(=O)OCCCCCCCCCCCCCCCCCCCCCCCCCCCCCCCCCCCCCC(=O)NC(CO)C(O)CCCCCCCCCCCCCCCCCCCCCC. The fourth-order valence-electron chi connectivity index (χ4n) is 13.3. The average Bonchev–Trinajstić information content (AvgIpc) is 3.58. The highest BCUT2D eigenvalue weighted by molar-refractivity contribution is 5.76. The van der Waals surface area contributed by atoms with Gasteiger partial charge in [0.2, 0.25) is 5.91 Å². The molecule has 524 valence electrons. The van der Waals surface area contributed by atoms with Gasteiger partial charge in [-0.2, -0.15) is 0 Å². The van der Waals surface area contributed by atoms with Crippen LogP contribution in [0.15, 0.2) is 12.2 Å². The number of amides is 1. The third-order valence-electron chi connectivity index (χ3n) is 19.6. The predicted octanol–water partition coefficient (Wildman–Crippen LogP) is 27.1. The molecule has 2 atom stereocenters. The van der Waals surface area contributed by atoms with E-state index in [1.165, 1.54) is 398 Å². The Morgan fingerprint density at radius 3 is 0.807 bits per heavy atom. The van der Waals surface area contributed by atoms with Gasteiger partial charge >= 0.3 is 5.97 Å². The van der Waals surface area contributed by atoms with E-state index in [0.29, 0.717) is 25.9 Å². The molecule has 0 aliphatic carbocycles. The summed E-state index contributed by atoms with van der Waals surface area (Å²) in [5, 5.41) is 23.5. The average molecular weight is 1240 g/mol. The Kier molecular flexibility index (Phi) is 76.8. The van der Waals surface area contributed by atoms with Crippen LogP contribution in [0.2, 0.25) is 0 Å². The number of allylic oxidation sites excluding steroid dienone is 2. The van der Waals surface area contributed by atoms with E-state index in [4.69, 9.17) is 4.74 Å². The lowest BCUT2D eigenvalue weighted by atomic mass is 10.0. The van der Waals surface area contributed by atoms with Crippen molar-refractivity contribution in [3.63, 3.8) is 0 Å². The van der Waals surface area contributed by atoms with E-state index in [9.17, 15) is 19.8 Å². The van der Waals surface area contributed by atoms with Crippen LogP contribution in [-0.4, -0.2) is 47.4 Å². The molecule has 1 amide bonds. The van der Waals surface area contributed by atoms with Gasteiger partial charge in [-0.15, -0.1) is 0 Å². The van der Waals surface area contributed by atoms with E-state index in [0.717, 1.165) is 44.9 Å². The minimum atomic E-state index is -0.661. The molecule has 2 unspecified atom stereocenters. The molecule has 6 nitrogen and oxygen atoms in total. The van der Waals surface area contributed by atoms with Gasteiger partial charge in [0.05, 0.1) is 25.4 Å². The van der Waals surface area contributed by atoms with Crippen LogP contribution in [0, 0.1) is 0 Å². The number of ether oxygens (including phenoxy) is 1. The molecule has 0 fully saturated rings. The first-order chi connectivity index (χ1) is 43.5. The second-order valence-electron chi connectivity index (χ2n) is 28.5. The van der Waals surface area contributed by atoms with Crippen molar-refractivity contribution >= 4 is 11.9 Å². The Labute approximate surface area is 552 Å². The van der Waals surface area contributed by atoms with Gasteiger partial charge in [0.1, 0.15) is 0 Å². The summed E-state index contributed by atoms with van der Waals surface area (Å²) < 4.78 is 5.51. The number of aliphatic hydroxyl groups is 2. The van der Waals surface area contributed by atoms with Gasteiger partial charge in [-0.1, -0.05) is 424 Å². The monoisotopic (exact) mass is 1240 g/mol. The molecule has 0 aliphatic rings. The summed E-state index contributed by atoms with van der Waals surface area (Å²) in [6.07, 6.45) is 98.9. The first-order valence-electron chi connectivity index (χ1n) is 40.9. The van der Waals surface area contributed by atoms with E-state index in [1.54, 1.807) is 0 Å². The van der Waals surface area contributed by atoms with Crippen LogP contribution in [0.1, 0.15) is 476 Å². The molecule has 0 spiro atoms. The number of nitrogens with one attached hydrogen (secondary N) is 1. The Balaban J connectivity index is 3.30. The zero-order valence-electron chi connectivity index (χ0n) is 60.3. The van der Waals surface area contributed by atoms with E-state index in [1.807, 2.05) is 0 Å². The first-order valence-corrected chi connectivity index (χ1v) is 40.9. The summed E-state index contributed by atoms with van der Waals surface area (Å²) in [7, 11) is 0. The second-order valence-corrected chi connectivity index (χ2v) is 28.5. The Hall–Kier alpha value is -1.40. The van der Waals surface area contributed by atoms with Crippen LogP contribution in [0.25, 0.3) is 0 Å². The molecule has 3 N–H and O–H groups in total. The molecule has 88 heavy (non-hydrogen) atoms. The fourth-order valence-corrected chi connectivity index (χ4v) is 13.3.